The Balaban J connectivity index is 1.61. The summed E-state index contributed by atoms with van der Waals surface area (Å²) in [6, 6.07) is 14.7. The molecule has 0 spiro atoms. The van der Waals surface area contributed by atoms with Gasteiger partial charge in [0.15, 0.2) is 5.78 Å². The number of Topliss-reactive ketones (excluding diaryl/α,β-unsaturated/α-hetero) is 1. The smallest absolute Gasteiger partial charge is 0.407 e. The molecule has 2 amide bonds. The summed E-state index contributed by atoms with van der Waals surface area (Å²) < 4.78 is 5.42. The molecule has 0 saturated carbocycles. The molecule has 28 heavy (non-hydrogen) atoms. The lowest BCUT2D eigenvalue weighted by Crippen LogP contribution is -2.49. The molecule has 2 atom stereocenters. The van der Waals surface area contributed by atoms with Crippen molar-refractivity contribution in [1.29, 1.82) is 0 Å². The minimum absolute atomic E-state index is 0.0417. The minimum Gasteiger partial charge on any atom is -0.449 e. The molecule has 1 unspecified atom stereocenters. The third kappa shape index (κ3) is 4.06. The van der Waals surface area contributed by atoms with Gasteiger partial charge in [0.05, 0.1) is 6.04 Å². The summed E-state index contributed by atoms with van der Waals surface area (Å²) in [4.78, 5) is 35.5. The maximum absolute atomic E-state index is 12.2. The predicted octanol–water partition coefficient (Wildman–Crippen LogP) is 3.01. The summed E-state index contributed by atoms with van der Waals surface area (Å²) >= 11 is 0. The topological polar surface area (TPSA) is 84.5 Å². The molecule has 1 aliphatic carbocycles. The second kappa shape index (κ2) is 8.25. The van der Waals surface area contributed by atoms with E-state index >= 15 is 0 Å². The van der Waals surface area contributed by atoms with Crippen LogP contribution in [0.25, 0.3) is 11.1 Å². The van der Waals surface area contributed by atoms with Crippen LogP contribution in [0.3, 0.4) is 0 Å². The van der Waals surface area contributed by atoms with Gasteiger partial charge in [-0.2, -0.15) is 0 Å². The molecular formula is C22H24N2O4. The summed E-state index contributed by atoms with van der Waals surface area (Å²) in [5.74, 6) is -0.627. The first-order chi connectivity index (χ1) is 13.4. The van der Waals surface area contributed by atoms with Gasteiger partial charge in [-0.25, -0.2) is 4.79 Å². The zero-order chi connectivity index (χ0) is 20.3. The van der Waals surface area contributed by atoms with Gasteiger partial charge in [0.1, 0.15) is 12.6 Å². The molecule has 2 aromatic rings. The van der Waals surface area contributed by atoms with Crippen LogP contribution in [0.15, 0.2) is 48.5 Å². The lowest BCUT2D eigenvalue weighted by atomic mass is 9.98. The molecule has 0 fully saturated rings. The number of benzene rings is 2. The summed E-state index contributed by atoms with van der Waals surface area (Å²) in [7, 11) is 0. The maximum atomic E-state index is 12.2. The van der Waals surface area contributed by atoms with Gasteiger partial charge in [0.2, 0.25) is 5.91 Å². The zero-order valence-corrected chi connectivity index (χ0v) is 16.2. The van der Waals surface area contributed by atoms with Crippen LogP contribution in [0.4, 0.5) is 4.79 Å². The Bertz CT molecular complexity index is 863. The number of carbonyl (C=O) groups is 3. The molecule has 2 N–H and O–H groups in total. The van der Waals surface area contributed by atoms with Crippen molar-refractivity contribution in [3.63, 3.8) is 0 Å². The number of amides is 2. The van der Waals surface area contributed by atoms with Gasteiger partial charge in [-0.1, -0.05) is 48.5 Å². The van der Waals surface area contributed by atoms with Crippen molar-refractivity contribution in [3.05, 3.63) is 59.7 Å². The lowest BCUT2D eigenvalue weighted by Gasteiger charge is -2.18. The van der Waals surface area contributed by atoms with Crippen LogP contribution in [0, 0.1) is 0 Å². The maximum Gasteiger partial charge on any atom is 0.407 e. The minimum atomic E-state index is -0.808. The first kappa shape index (κ1) is 19.6. The Labute approximate surface area is 164 Å². The third-order valence-corrected chi connectivity index (χ3v) is 5.04. The molecule has 0 bridgehead atoms. The van der Waals surface area contributed by atoms with Crippen molar-refractivity contribution >= 4 is 17.8 Å². The Morgan fingerprint density at radius 2 is 1.43 bits per heavy atom. The summed E-state index contributed by atoms with van der Waals surface area (Å²) in [6.07, 6.45) is -0.667. The van der Waals surface area contributed by atoms with Crippen molar-refractivity contribution in [2.45, 2.75) is 38.8 Å². The molecule has 1 aliphatic rings. The molecule has 0 aliphatic heterocycles. The number of fused-ring (bicyclic) bond motifs is 3. The average Bonchev–Trinajstić information content (AvgIpc) is 3.00. The third-order valence-electron chi connectivity index (χ3n) is 5.04. The van der Waals surface area contributed by atoms with Gasteiger partial charge >= 0.3 is 6.09 Å². The van der Waals surface area contributed by atoms with E-state index in [2.05, 4.69) is 22.8 Å². The van der Waals surface area contributed by atoms with E-state index in [1.54, 1.807) is 13.8 Å². The highest BCUT2D eigenvalue weighted by atomic mass is 16.5. The Kier molecular flexibility index (Phi) is 5.78. The fourth-order valence-electron chi connectivity index (χ4n) is 3.32. The molecular weight excluding hydrogens is 356 g/mol. The molecule has 6 nitrogen and oxygen atoms in total. The Morgan fingerprint density at radius 1 is 0.893 bits per heavy atom. The van der Waals surface area contributed by atoms with E-state index in [1.165, 1.54) is 6.92 Å². The first-order valence-corrected chi connectivity index (χ1v) is 9.30. The summed E-state index contributed by atoms with van der Waals surface area (Å²) in [6.45, 7) is 4.72. The quantitative estimate of drug-likeness (QED) is 0.807. The van der Waals surface area contributed by atoms with Crippen LogP contribution in [0.5, 0.6) is 0 Å². The van der Waals surface area contributed by atoms with Gasteiger partial charge < -0.3 is 15.4 Å². The highest BCUT2D eigenvalue weighted by Crippen LogP contribution is 2.44. The molecule has 146 valence electrons. The number of nitrogens with one attached hydrogen (secondary N) is 2. The SMILES string of the molecule is CC(=O)C(C)NC(=O)[C@H](C)NC(=O)OCC1c2ccccc2-c2ccccc21. The van der Waals surface area contributed by atoms with Crippen molar-refractivity contribution in [3.8, 4) is 11.1 Å². The standard InChI is InChI=1S/C22H24N2O4/c1-13(15(3)25)23-21(26)14(2)24-22(27)28-12-20-18-10-6-4-8-16(18)17-9-5-7-11-19(17)20/h4-11,13-14,20H,12H2,1-3H3,(H,23,26)(H,24,27)/t13?,14-/m0/s1. The summed E-state index contributed by atoms with van der Waals surface area (Å²) in [5, 5.41) is 5.06. The van der Waals surface area contributed by atoms with E-state index in [1.807, 2.05) is 36.4 Å². The van der Waals surface area contributed by atoms with Crippen LogP contribution in [0.1, 0.15) is 37.8 Å². The molecule has 2 aromatic carbocycles. The Hall–Kier alpha value is -3.15. The van der Waals surface area contributed by atoms with Gasteiger partial charge in [-0.3, -0.25) is 9.59 Å². The second-order valence-corrected chi connectivity index (χ2v) is 7.03. The van der Waals surface area contributed by atoms with Gasteiger partial charge in [0.25, 0.3) is 0 Å². The number of rotatable bonds is 6. The molecule has 3 rings (SSSR count). The van der Waals surface area contributed by atoms with Crippen LogP contribution in [-0.2, 0) is 14.3 Å². The highest BCUT2D eigenvalue weighted by molar-refractivity contribution is 5.90. The van der Waals surface area contributed by atoms with E-state index in [-0.39, 0.29) is 18.3 Å². The van der Waals surface area contributed by atoms with Gasteiger partial charge in [-0.15, -0.1) is 0 Å². The van der Waals surface area contributed by atoms with Crippen molar-refractivity contribution in [2.24, 2.45) is 0 Å². The van der Waals surface area contributed by atoms with Crippen LogP contribution in [0.2, 0.25) is 0 Å². The number of alkyl carbamates (subject to hydrolysis) is 1. The van der Waals surface area contributed by atoms with Crippen LogP contribution >= 0.6 is 0 Å². The normalized spacial score (nSPS) is 14.4. The zero-order valence-electron chi connectivity index (χ0n) is 16.2. The van der Waals surface area contributed by atoms with Gasteiger partial charge in [0, 0.05) is 5.92 Å². The van der Waals surface area contributed by atoms with E-state index in [9.17, 15) is 14.4 Å². The number of carbonyl (C=O) groups excluding carboxylic acids is 3. The van der Waals surface area contributed by atoms with Crippen LogP contribution < -0.4 is 10.6 Å². The monoisotopic (exact) mass is 380 g/mol. The molecule has 0 radical (unpaired) electrons. The number of hydrogen-bond donors (Lipinski definition) is 2. The summed E-state index contributed by atoms with van der Waals surface area (Å²) in [5.41, 5.74) is 4.55. The van der Waals surface area contributed by atoms with E-state index in [4.69, 9.17) is 4.74 Å². The number of hydrogen-bond acceptors (Lipinski definition) is 4. The number of ketones is 1. The fraction of sp³-hybridized carbons (Fsp3) is 0.318. The predicted molar refractivity (Wildman–Crippen MR) is 106 cm³/mol. The van der Waals surface area contributed by atoms with Crippen LogP contribution in [-0.4, -0.2) is 36.5 Å². The van der Waals surface area contributed by atoms with E-state index in [0.717, 1.165) is 22.3 Å². The first-order valence-electron chi connectivity index (χ1n) is 9.30. The average molecular weight is 380 g/mol. The fourth-order valence-corrected chi connectivity index (χ4v) is 3.32. The van der Waals surface area contributed by atoms with Crippen molar-refractivity contribution in [2.75, 3.05) is 6.61 Å². The Morgan fingerprint density at radius 3 is 1.96 bits per heavy atom. The highest BCUT2D eigenvalue weighted by Gasteiger charge is 2.29. The molecule has 0 saturated heterocycles. The van der Waals surface area contributed by atoms with Crippen molar-refractivity contribution in [1.82, 2.24) is 10.6 Å². The van der Waals surface area contributed by atoms with E-state index < -0.39 is 24.1 Å². The number of ether oxygens (including phenoxy) is 1. The van der Waals surface area contributed by atoms with E-state index in [0.29, 0.717) is 0 Å². The largest absolute Gasteiger partial charge is 0.449 e. The lowest BCUT2D eigenvalue weighted by molar-refractivity contribution is -0.127. The molecule has 6 heteroatoms. The molecule has 0 heterocycles. The van der Waals surface area contributed by atoms with Gasteiger partial charge in [-0.05, 0) is 43.0 Å². The molecule has 0 aromatic heterocycles. The second-order valence-electron chi connectivity index (χ2n) is 7.03. The van der Waals surface area contributed by atoms with Crippen molar-refractivity contribution < 1.29 is 19.1 Å².